The highest BCUT2D eigenvalue weighted by atomic mass is 32.1. The second-order valence-corrected chi connectivity index (χ2v) is 7.15. The smallest absolute Gasteiger partial charge is 0.138 e. The lowest BCUT2D eigenvalue weighted by Gasteiger charge is -2.26. The van der Waals surface area contributed by atoms with Crippen LogP contribution >= 0.6 is 11.3 Å². The zero-order chi connectivity index (χ0) is 17.8. The SMILES string of the molecule is Fc1ccc(-c2csc3ncnc(NCCCN4CCOCC4)c23)cc1. The third-order valence-electron chi connectivity index (χ3n) is 4.57. The van der Waals surface area contributed by atoms with Crippen molar-refractivity contribution in [3.05, 3.63) is 41.8 Å². The van der Waals surface area contributed by atoms with E-state index in [4.69, 9.17) is 4.74 Å². The molecule has 1 aliphatic heterocycles. The molecule has 0 spiro atoms. The van der Waals surface area contributed by atoms with Crippen LogP contribution in [0.15, 0.2) is 36.0 Å². The van der Waals surface area contributed by atoms with Crippen molar-refractivity contribution in [3.63, 3.8) is 0 Å². The van der Waals surface area contributed by atoms with Gasteiger partial charge in [-0.2, -0.15) is 0 Å². The van der Waals surface area contributed by atoms with E-state index in [-0.39, 0.29) is 5.82 Å². The van der Waals surface area contributed by atoms with Crippen molar-refractivity contribution < 1.29 is 9.13 Å². The van der Waals surface area contributed by atoms with Gasteiger partial charge in [-0.1, -0.05) is 12.1 Å². The molecule has 1 aliphatic rings. The van der Waals surface area contributed by atoms with Crippen molar-refractivity contribution in [2.24, 2.45) is 0 Å². The molecule has 0 radical (unpaired) electrons. The fourth-order valence-corrected chi connectivity index (χ4v) is 4.10. The van der Waals surface area contributed by atoms with E-state index in [9.17, 15) is 4.39 Å². The first-order chi connectivity index (χ1) is 12.8. The average Bonchev–Trinajstić information content (AvgIpc) is 3.12. The Bertz CT molecular complexity index is 862. The van der Waals surface area contributed by atoms with Crippen molar-refractivity contribution in [3.8, 4) is 11.1 Å². The molecule has 4 rings (SSSR count). The average molecular weight is 372 g/mol. The zero-order valence-electron chi connectivity index (χ0n) is 14.4. The van der Waals surface area contributed by atoms with Gasteiger partial charge in [-0.25, -0.2) is 14.4 Å². The molecule has 1 aromatic carbocycles. The third-order valence-corrected chi connectivity index (χ3v) is 5.46. The van der Waals surface area contributed by atoms with Gasteiger partial charge >= 0.3 is 0 Å². The monoisotopic (exact) mass is 372 g/mol. The maximum atomic E-state index is 13.2. The number of fused-ring (bicyclic) bond motifs is 1. The van der Waals surface area contributed by atoms with Gasteiger partial charge in [0.2, 0.25) is 0 Å². The molecule has 2 aromatic heterocycles. The van der Waals surface area contributed by atoms with Gasteiger partial charge in [0.25, 0.3) is 0 Å². The first-order valence-electron chi connectivity index (χ1n) is 8.83. The number of rotatable bonds is 6. The molecule has 0 saturated carbocycles. The predicted molar refractivity (Wildman–Crippen MR) is 103 cm³/mol. The Hall–Kier alpha value is -2.09. The Kier molecular flexibility index (Phi) is 5.38. The van der Waals surface area contributed by atoms with E-state index in [0.717, 1.165) is 73.0 Å². The van der Waals surface area contributed by atoms with Crippen molar-refractivity contribution in [1.29, 1.82) is 0 Å². The van der Waals surface area contributed by atoms with Gasteiger partial charge < -0.3 is 10.1 Å². The van der Waals surface area contributed by atoms with Crippen LogP contribution in [0.25, 0.3) is 21.3 Å². The maximum Gasteiger partial charge on any atom is 0.138 e. The van der Waals surface area contributed by atoms with E-state index >= 15 is 0 Å². The molecule has 7 heteroatoms. The van der Waals surface area contributed by atoms with Gasteiger partial charge in [0.15, 0.2) is 0 Å². The molecule has 0 atom stereocenters. The fourth-order valence-electron chi connectivity index (χ4n) is 3.19. The second-order valence-electron chi connectivity index (χ2n) is 6.29. The van der Waals surface area contributed by atoms with Crippen molar-refractivity contribution in [2.75, 3.05) is 44.7 Å². The van der Waals surface area contributed by atoms with Gasteiger partial charge in [-0.15, -0.1) is 11.3 Å². The van der Waals surface area contributed by atoms with Crippen LogP contribution < -0.4 is 5.32 Å². The minimum absolute atomic E-state index is 0.231. The molecule has 3 aromatic rings. The van der Waals surface area contributed by atoms with Crippen LogP contribution in [0.5, 0.6) is 0 Å². The third kappa shape index (κ3) is 3.85. The molecule has 5 nitrogen and oxygen atoms in total. The molecule has 3 heterocycles. The summed E-state index contributed by atoms with van der Waals surface area (Å²) in [6.07, 6.45) is 2.64. The van der Waals surface area contributed by atoms with Gasteiger partial charge in [0, 0.05) is 30.6 Å². The lowest BCUT2D eigenvalue weighted by molar-refractivity contribution is 0.0378. The largest absolute Gasteiger partial charge is 0.379 e. The van der Waals surface area contributed by atoms with Crippen LogP contribution in [0.2, 0.25) is 0 Å². The highest BCUT2D eigenvalue weighted by Crippen LogP contribution is 2.36. The fraction of sp³-hybridized carbons (Fsp3) is 0.368. The number of aromatic nitrogens is 2. The molecular weight excluding hydrogens is 351 g/mol. The molecule has 0 aliphatic carbocycles. The number of ether oxygens (including phenoxy) is 1. The van der Waals surface area contributed by atoms with Crippen LogP contribution in [0.1, 0.15) is 6.42 Å². The Morgan fingerprint density at radius 2 is 1.96 bits per heavy atom. The predicted octanol–water partition coefficient (Wildman–Crippen LogP) is 3.63. The molecule has 0 unspecified atom stereocenters. The number of halogens is 1. The molecule has 0 amide bonds. The molecular formula is C19H21FN4OS. The summed E-state index contributed by atoms with van der Waals surface area (Å²) in [6.45, 7) is 5.58. The summed E-state index contributed by atoms with van der Waals surface area (Å²) in [5.41, 5.74) is 2.02. The van der Waals surface area contributed by atoms with Gasteiger partial charge in [0.05, 0.1) is 18.6 Å². The van der Waals surface area contributed by atoms with E-state index in [1.807, 2.05) is 0 Å². The normalized spacial score (nSPS) is 15.4. The summed E-state index contributed by atoms with van der Waals surface area (Å²) in [4.78, 5) is 12.2. The summed E-state index contributed by atoms with van der Waals surface area (Å²) in [5, 5.41) is 6.53. The summed E-state index contributed by atoms with van der Waals surface area (Å²) < 4.78 is 18.6. The van der Waals surface area contributed by atoms with Crippen LogP contribution in [0, 0.1) is 5.82 Å². The van der Waals surface area contributed by atoms with Crippen LogP contribution in [-0.2, 0) is 4.74 Å². The molecule has 26 heavy (non-hydrogen) atoms. The zero-order valence-corrected chi connectivity index (χ0v) is 15.3. The summed E-state index contributed by atoms with van der Waals surface area (Å²) in [5.74, 6) is 0.614. The van der Waals surface area contributed by atoms with Gasteiger partial charge in [-0.05, 0) is 30.7 Å². The number of nitrogens with zero attached hydrogens (tertiary/aromatic N) is 3. The van der Waals surface area contributed by atoms with Crippen LogP contribution in [0.3, 0.4) is 0 Å². The summed E-state index contributed by atoms with van der Waals surface area (Å²) >= 11 is 1.58. The topological polar surface area (TPSA) is 50.3 Å². The van der Waals surface area contributed by atoms with Crippen molar-refractivity contribution in [2.45, 2.75) is 6.42 Å². The minimum atomic E-state index is -0.231. The van der Waals surface area contributed by atoms with Gasteiger partial charge in [0.1, 0.15) is 22.8 Å². The Morgan fingerprint density at radius 3 is 2.77 bits per heavy atom. The standard InChI is InChI=1S/C19H21FN4OS/c20-15-4-2-14(3-5-15)16-12-26-19-17(16)18(22-13-23-19)21-6-1-7-24-8-10-25-11-9-24/h2-5,12-13H,1,6-11H2,(H,21,22,23). The lowest BCUT2D eigenvalue weighted by atomic mass is 10.1. The van der Waals surface area contributed by atoms with E-state index < -0.39 is 0 Å². The number of anilines is 1. The second kappa shape index (κ2) is 8.07. The van der Waals surface area contributed by atoms with E-state index in [1.165, 1.54) is 12.1 Å². The Labute approximate surface area is 155 Å². The first kappa shape index (κ1) is 17.3. The van der Waals surface area contributed by atoms with Crippen LogP contribution in [0.4, 0.5) is 10.2 Å². The van der Waals surface area contributed by atoms with Crippen LogP contribution in [-0.4, -0.2) is 54.3 Å². The summed E-state index contributed by atoms with van der Waals surface area (Å²) in [6, 6.07) is 6.56. The number of benzene rings is 1. The highest BCUT2D eigenvalue weighted by molar-refractivity contribution is 7.17. The maximum absolute atomic E-state index is 13.2. The number of hydrogen-bond acceptors (Lipinski definition) is 6. The van der Waals surface area contributed by atoms with Crippen molar-refractivity contribution >= 4 is 27.4 Å². The Morgan fingerprint density at radius 1 is 1.15 bits per heavy atom. The summed E-state index contributed by atoms with van der Waals surface area (Å²) in [7, 11) is 0. The van der Waals surface area contributed by atoms with E-state index in [2.05, 4.69) is 25.6 Å². The lowest BCUT2D eigenvalue weighted by Crippen LogP contribution is -2.37. The van der Waals surface area contributed by atoms with E-state index in [0.29, 0.717) is 0 Å². The molecule has 1 saturated heterocycles. The van der Waals surface area contributed by atoms with Crippen molar-refractivity contribution in [1.82, 2.24) is 14.9 Å². The van der Waals surface area contributed by atoms with Gasteiger partial charge in [-0.3, -0.25) is 4.90 Å². The number of nitrogens with one attached hydrogen (secondary N) is 1. The minimum Gasteiger partial charge on any atom is -0.379 e. The first-order valence-corrected chi connectivity index (χ1v) is 9.71. The molecule has 1 fully saturated rings. The molecule has 136 valence electrons. The molecule has 0 bridgehead atoms. The highest BCUT2D eigenvalue weighted by Gasteiger charge is 2.13. The van der Waals surface area contributed by atoms with E-state index in [1.54, 1.807) is 29.8 Å². The quantitative estimate of drug-likeness (QED) is 0.670. The number of thiophene rings is 1. The Balaban J connectivity index is 1.48. The molecule has 1 N–H and O–H groups in total. The number of morpholine rings is 1. The number of hydrogen-bond donors (Lipinski definition) is 1.